The van der Waals surface area contributed by atoms with Crippen molar-refractivity contribution >= 4 is 17.0 Å². The summed E-state index contributed by atoms with van der Waals surface area (Å²) in [7, 11) is 0. The molecule has 0 atom stereocenters. The Labute approximate surface area is 119 Å². The number of aromatic amines is 1. The number of carboxylic acid groups (broad SMARTS) is 1. The van der Waals surface area contributed by atoms with Crippen molar-refractivity contribution in [2.75, 3.05) is 0 Å². The van der Waals surface area contributed by atoms with E-state index in [0.29, 0.717) is 11.0 Å². The smallest absolute Gasteiger partial charge is 0.305 e. The van der Waals surface area contributed by atoms with Crippen molar-refractivity contribution in [3.8, 4) is 11.1 Å². The highest BCUT2D eigenvalue weighted by Gasteiger charge is 2.12. The van der Waals surface area contributed by atoms with Crippen molar-refractivity contribution in [3.05, 3.63) is 53.2 Å². The van der Waals surface area contributed by atoms with E-state index in [2.05, 4.69) is 9.97 Å². The first-order valence-corrected chi connectivity index (χ1v) is 6.50. The zero-order chi connectivity index (χ0) is 14.8. The predicted molar refractivity (Wildman–Crippen MR) is 78.0 cm³/mol. The average Bonchev–Trinajstić information content (AvgIpc) is 2.92. The number of carboxylic acids is 1. The van der Waals surface area contributed by atoms with Gasteiger partial charge < -0.3 is 10.1 Å². The van der Waals surface area contributed by atoms with E-state index < -0.39 is 5.97 Å². The standard InChI is InChI=1S/C15H13N3O3/c19-12(20)6-7-18-9-17-13-11(8-16-14(13)15(18)21)10-4-2-1-3-5-10/h1-5,8-9,16H,6-7H2,(H,19,20). The zero-order valence-electron chi connectivity index (χ0n) is 11.1. The van der Waals surface area contributed by atoms with Gasteiger partial charge in [0.15, 0.2) is 0 Å². The molecule has 0 saturated heterocycles. The van der Waals surface area contributed by atoms with Gasteiger partial charge in [-0.1, -0.05) is 30.3 Å². The molecule has 2 aromatic heterocycles. The molecule has 21 heavy (non-hydrogen) atoms. The van der Waals surface area contributed by atoms with Crippen LogP contribution in [-0.2, 0) is 11.3 Å². The summed E-state index contributed by atoms with van der Waals surface area (Å²) >= 11 is 0. The summed E-state index contributed by atoms with van der Waals surface area (Å²) in [6, 6.07) is 9.65. The predicted octanol–water partition coefficient (Wildman–Crippen LogP) is 1.87. The van der Waals surface area contributed by atoms with Crippen LogP contribution >= 0.6 is 0 Å². The molecule has 0 aliphatic rings. The van der Waals surface area contributed by atoms with Gasteiger partial charge >= 0.3 is 5.97 Å². The van der Waals surface area contributed by atoms with Crippen LogP contribution in [0.25, 0.3) is 22.2 Å². The highest BCUT2D eigenvalue weighted by molar-refractivity contribution is 5.91. The summed E-state index contributed by atoms with van der Waals surface area (Å²) in [5, 5.41) is 8.69. The molecule has 0 saturated carbocycles. The summed E-state index contributed by atoms with van der Waals surface area (Å²) in [5.41, 5.74) is 2.55. The van der Waals surface area contributed by atoms with Crippen LogP contribution in [0.15, 0.2) is 47.7 Å². The summed E-state index contributed by atoms with van der Waals surface area (Å²) in [6.07, 6.45) is 3.03. The van der Waals surface area contributed by atoms with Gasteiger partial charge in [0.2, 0.25) is 0 Å². The van der Waals surface area contributed by atoms with Crippen LogP contribution in [0.4, 0.5) is 0 Å². The third kappa shape index (κ3) is 2.43. The third-order valence-electron chi connectivity index (χ3n) is 3.31. The fourth-order valence-corrected chi connectivity index (χ4v) is 2.25. The first-order chi connectivity index (χ1) is 10.2. The van der Waals surface area contributed by atoms with Crippen LogP contribution in [0.2, 0.25) is 0 Å². The van der Waals surface area contributed by atoms with Gasteiger partial charge in [-0.3, -0.25) is 14.2 Å². The topological polar surface area (TPSA) is 88.0 Å². The lowest BCUT2D eigenvalue weighted by Crippen LogP contribution is -2.22. The number of benzene rings is 1. The van der Waals surface area contributed by atoms with E-state index in [4.69, 9.17) is 5.11 Å². The normalized spacial score (nSPS) is 10.9. The molecule has 106 valence electrons. The molecular formula is C15H13N3O3. The molecule has 0 fully saturated rings. The van der Waals surface area contributed by atoms with Gasteiger partial charge in [0, 0.05) is 18.3 Å². The maximum atomic E-state index is 12.3. The van der Waals surface area contributed by atoms with Gasteiger partial charge in [-0.15, -0.1) is 0 Å². The molecule has 6 heteroatoms. The van der Waals surface area contributed by atoms with E-state index in [-0.39, 0.29) is 18.5 Å². The Morgan fingerprint density at radius 3 is 2.76 bits per heavy atom. The van der Waals surface area contributed by atoms with Gasteiger partial charge in [0.1, 0.15) is 11.0 Å². The van der Waals surface area contributed by atoms with Crippen LogP contribution in [0, 0.1) is 0 Å². The fraction of sp³-hybridized carbons (Fsp3) is 0.133. The number of aromatic nitrogens is 3. The number of rotatable bonds is 4. The number of hydrogen-bond donors (Lipinski definition) is 2. The SMILES string of the molecule is O=C(O)CCn1cnc2c(-c3ccccc3)c[nH]c2c1=O. The van der Waals surface area contributed by atoms with Gasteiger partial charge in [-0.2, -0.15) is 0 Å². The number of carbonyl (C=O) groups is 1. The highest BCUT2D eigenvalue weighted by Crippen LogP contribution is 2.24. The lowest BCUT2D eigenvalue weighted by atomic mass is 10.1. The van der Waals surface area contributed by atoms with Gasteiger partial charge in [0.05, 0.1) is 12.7 Å². The molecule has 0 amide bonds. The minimum absolute atomic E-state index is 0.108. The highest BCUT2D eigenvalue weighted by atomic mass is 16.4. The molecule has 0 unspecified atom stereocenters. The van der Waals surface area contributed by atoms with E-state index >= 15 is 0 Å². The van der Waals surface area contributed by atoms with Gasteiger partial charge in [-0.25, -0.2) is 4.98 Å². The molecule has 2 heterocycles. The monoisotopic (exact) mass is 283 g/mol. The van der Waals surface area contributed by atoms with Gasteiger partial charge in [-0.05, 0) is 5.56 Å². The molecular weight excluding hydrogens is 270 g/mol. The second-order valence-electron chi connectivity index (χ2n) is 4.68. The molecule has 0 radical (unpaired) electrons. The average molecular weight is 283 g/mol. The minimum atomic E-state index is -0.946. The van der Waals surface area contributed by atoms with Crippen LogP contribution < -0.4 is 5.56 Å². The molecule has 3 aromatic rings. The van der Waals surface area contributed by atoms with Crippen LogP contribution in [0.3, 0.4) is 0 Å². The second kappa shape index (κ2) is 5.24. The summed E-state index contributed by atoms with van der Waals surface area (Å²) in [6.45, 7) is 0.108. The van der Waals surface area contributed by atoms with Crippen molar-refractivity contribution < 1.29 is 9.90 Å². The van der Waals surface area contributed by atoms with Crippen LogP contribution in [0.5, 0.6) is 0 Å². The Morgan fingerprint density at radius 1 is 1.29 bits per heavy atom. The molecule has 0 bridgehead atoms. The molecule has 3 rings (SSSR count). The second-order valence-corrected chi connectivity index (χ2v) is 4.68. The molecule has 0 aliphatic carbocycles. The summed E-state index contributed by atoms with van der Waals surface area (Å²) in [5.74, 6) is -0.946. The summed E-state index contributed by atoms with van der Waals surface area (Å²) in [4.78, 5) is 30.1. The minimum Gasteiger partial charge on any atom is -0.481 e. The third-order valence-corrected chi connectivity index (χ3v) is 3.31. The molecule has 1 aromatic carbocycles. The first kappa shape index (κ1) is 13.1. The number of aliphatic carboxylic acids is 1. The Hall–Kier alpha value is -2.89. The Bertz CT molecular complexity index is 849. The van der Waals surface area contributed by atoms with E-state index in [9.17, 15) is 9.59 Å². The maximum absolute atomic E-state index is 12.3. The number of fused-ring (bicyclic) bond motifs is 1. The fourth-order valence-electron chi connectivity index (χ4n) is 2.25. The number of H-pyrrole nitrogens is 1. The van der Waals surface area contributed by atoms with E-state index in [1.165, 1.54) is 10.9 Å². The van der Waals surface area contributed by atoms with Crippen molar-refractivity contribution in [2.45, 2.75) is 13.0 Å². The van der Waals surface area contributed by atoms with Crippen molar-refractivity contribution in [1.29, 1.82) is 0 Å². The first-order valence-electron chi connectivity index (χ1n) is 6.50. The van der Waals surface area contributed by atoms with Gasteiger partial charge in [0.25, 0.3) is 5.56 Å². The van der Waals surface area contributed by atoms with Crippen LogP contribution in [-0.4, -0.2) is 25.6 Å². The largest absolute Gasteiger partial charge is 0.481 e. The van der Waals surface area contributed by atoms with E-state index in [1.807, 2.05) is 30.3 Å². The lowest BCUT2D eigenvalue weighted by Gasteiger charge is -2.03. The lowest BCUT2D eigenvalue weighted by molar-refractivity contribution is -0.137. The molecule has 6 nitrogen and oxygen atoms in total. The molecule has 0 spiro atoms. The Kier molecular flexibility index (Phi) is 3.27. The van der Waals surface area contributed by atoms with Crippen molar-refractivity contribution in [2.24, 2.45) is 0 Å². The number of nitrogens with zero attached hydrogens (tertiary/aromatic N) is 2. The van der Waals surface area contributed by atoms with E-state index in [1.54, 1.807) is 6.20 Å². The van der Waals surface area contributed by atoms with Crippen LogP contribution in [0.1, 0.15) is 6.42 Å². The molecule has 2 N–H and O–H groups in total. The van der Waals surface area contributed by atoms with E-state index in [0.717, 1.165) is 11.1 Å². The van der Waals surface area contributed by atoms with Crippen molar-refractivity contribution in [3.63, 3.8) is 0 Å². The molecule has 0 aliphatic heterocycles. The number of aryl methyl sites for hydroxylation is 1. The van der Waals surface area contributed by atoms with Crippen molar-refractivity contribution in [1.82, 2.24) is 14.5 Å². The Balaban J connectivity index is 2.07. The Morgan fingerprint density at radius 2 is 2.05 bits per heavy atom. The number of hydrogen-bond acceptors (Lipinski definition) is 3. The summed E-state index contributed by atoms with van der Waals surface area (Å²) < 4.78 is 1.31. The maximum Gasteiger partial charge on any atom is 0.305 e. The number of nitrogens with one attached hydrogen (secondary N) is 1. The quantitative estimate of drug-likeness (QED) is 0.765. The zero-order valence-corrected chi connectivity index (χ0v) is 11.1.